The molecule has 116 valence electrons. The maximum atomic E-state index is 10.5. The Labute approximate surface area is 129 Å². The maximum Gasteiger partial charge on any atom is 0.0594 e. The highest BCUT2D eigenvalue weighted by molar-refractivity contribution is 5.42. The lowest BCUT2D eigenvalue weighted by Gasteiger charge is -2.56. The van der Waals surface area contributed by atoms with Crippen LogP contribution in [0, 0.1) is 11.3 Å². The van der Waals surface area contributed by atoms with E-state index in [4.69, 9.17) is 0 Å². The van der Waals surface area contributed by atoms with E-state index in [9.17, 15) is 5.11 Å². The molecule has 1 nitrogen and oxygen atoms in total. The van der Waals surface area contributed by atoms with Crippen molar-refractivity contribution in [2.24, 2.45) is 11.3 Å². The number of benzene rings is 1. The first-order valence-electron chi connectivity index (χ1n) is 8.58. The summed E-state index contributed by atoms with van der Waals surface area (Å²) in [6.45, 7) is 11.5. The Kier molecular flexibility index (Phi) is 3.48. The van der Waals surface area contributed by atoms with Gasteiger partial charge in [-0.1, -0.05) is 52.8 Å². The number of hydrogen-bond acceptors (Lipinski definition) is 1. The van der Waals surface area contributed by atoms with Crippen molar-refractivity contribution in [2.75, 3.05) is 0 Å². The van der Waals surface area contributed by atoms with Crippen molar-refractivity contribution in [1.82, 2.24) is 0 Å². The van der Waals surface area contributed by atoms with E-state index in [1.807, 2.05) is 0 Å². The van der Waals surface area contributed by atoms with Gasteiger partial charge in [-0.15, -0.1) is 0 Å². The summed E-state index contributed by atoms with van der Waals surface area (Å²) in [5, 5.41) is 10.5. The van der Waals surface area contributed by atoms with Crippen molar-refractivity contribution < 1.29 is 5.11 Å². The molecule has 2 aliphatic rings. The van der Waals surface area contributed by atoms with Crippen LogP contribution in [0.5, 0.6) is 0 Å². The van der Waals surface area contributed by atoms with Crippen LogP contribution in [-0.4, -0.2) is 11.2 Å². The molecular formula is C20H30O. The lowest BCUT2D eigenvalue weighted by atomic mass is 9.49. The standard InChI is InChI=1S/C20H30O/c1-13(2)14-6-8-16-15(12-14)7-9-17-19(3,4)18(21)10-11-20(16,17)5/h6,8,12-13,17-18,21H,7,9-11H2,1-5H3/t17?,18-,20+/m0/s1. The van der Waals surface area contributed by atoms with E-state index < -0.39 is 0 Å². The van der Waals surface area contributed by atoms with Gasteiger partial charge in [0.05, 0.1) is 6.10 Å². The fourth-order valence-electron chi connectivity index (χ4n) is 5.09. The summed E-state index contributed by atoms with van der Waals surface area (Å²) in [7, 11) is 0. The minimum absolute atomic E-state index is 0.0292. The second-order valence-electron chi connectivity index (χ2n) is 8.46. The Balaban J connectivity index is 2.06. The third-order valence-corrected chi connectivity index (χ3v) is 6.58. The zero-order chi connectivity index (χ0) is 15.4. The SMILES string of the molecule is CC(C)c1ccc2c(c1)CCC1C(C)(C)[C@@H](O)CC[C@]21C. The van der Waals surface area contributed by atoms with Gasteiger partial charge in [-0.25, -0.2) is 0 Å². The molecule has 0 heterocycles. The summed E-state index contributed by atoms with van der Waals surface area (Å²) in [5.41, 5.74) is 4.86. The predicted octanol–water partition coefficient (Wildman–Crippen LogP) is 4.81. The van der Waals surface area contributed by atoms with E-state index in [2.05, 4.69) is 52.8 Å². The largest absolute Gasteiger partial charge is 0.393 e. The zero-order valence-electron chi connectivity index (χ0n) is 14.2. The molecule has 2 aliphatic carbocycles. The van der Waals surface area contributed by atoms with Gasteiger partial charge in [0.1, 0.15) is 0 Å². The molecule has 1 unspecified atom stereocenters. The third-order valence-electron chi connectivity index (χ3n) is 6.58. The summed E-state index contributed by atoms with van der Waals surface area (Å²) in [6, 6.07) is 7.17. The molecule has 0 aliphatic heterocycles. The van der Waals surface area contributed by atoms with Crippen LogP contribution in [-0.2, 0) is 11.8 Å². The van der Waals surface area contributed by atoms with Crippen molar-refractivity contribution in [3.63, 3.8) is 0 Å². The summed E-state index contributed by atoms with van der Waals surface area (Å²) < 4.78 is 0. The molecule has 1 fully saturated rings. The van der Waals surface area contributed by atoms with E-state index in [0.717, 1.165) is 12.8 Å². The Morgan fingerprint density at radius 1 is 1.14 bits per heavy atom. The number of fused-ring (bicyclic) bond motifs is 3. The quantitative estimate of drug-likeness (QED) is 0.785. The minimum Gasteiger partial charge on any atom is -0.393 e. The molecule has 3 atom stereocenters. The van der Waals surface area contributed by atoms with Gasteiger partial charge in [0, 0.05) is 0 Å². The van der Waals surface area contributed by atoms with Crippen molar-refractivity contribution in [3.8, 4) is 0 Å². The van der Waals surface area contributed by atoms with Crippen molar-refractivity contribution in [3.05, 3.63) is 34.9 Å². The molecule has 1 N–H and O–H groups in total. The molecule has 0 bridgehead atoms. The van der Waals surface area contributed by atoms with Gasteiger partial charge in [0.2, 0.25) is 0 Å². The molecule has 1 heteroatoms. The van der Waals surface area contributed by atoms with Crippen LogP contribution in [0.2, 0.25) is 0 Å². The lowest BCUT2D eigenvalue weighted by molar-refractivity contribution is -0.0730. The van der Waals surface area contributed by atoms with E-state index in [1.165, 1.54) is 18.4 Å². The molecule has 0 amide bonds. The third kappa shape index (κ3) is 2.16. The molecule has 0 saturated heterocycles. The second-order valence-corrected chi connectivity index (χ2v) is 8.46. The Hall–Kier alpha value is -0.820. The monoisotopic (exact) mass is 286 g/mol. The fourth-order valence-corrected chi connectivity index (χ4v) is 5.09. The Bertz CT molecular complexity index is 543. The first kappa shape index (κ1) is 15.1. The van der Waals surface area contributed by atoms with Crippen LogP contribution in [0.1, 0.15) is 76.5 Å². The molecule has 1 saturated carbocycles. The van der Waals surface area contributed by atoms with Gasteiger partial charge in [-0.3, -0.25) is 0 Å². The van der Waals surface area contributed by atoms with E-state index in [-0.39, 0.29) is 16.9 Å². The number of aliphatic hydroxyl groups excluding tert-OH is 1. The van der Waals surface area contributed by atoms with Crippen LogP contribution in [0.25, 0.3) is 0 Å². The van der Waals surface area contributed by atoms with Crippen LogP contribution in [0.3, 0.4) is 0 Å². The van der Waals surface area contributed by atoms with E-state index in [1.54, 1.807) is 11.1 Å². The number of aliphatic hydroxyl groups is 1. The Morgan fingerprint density at radius 3 is 2.52 bits per heavy atom. The van der Waals surface area contributed by atoms with Gasteiger partial charge < -0.3 is 5.11 Å². The van der Waals surface area contributed by atoms with Gasteiger partial charge >= 0.3 is 0 Å². The maximum absolute atomic E-state index is 10.5. The molecule has 0 spiro atoms. The lowest BCUT2D eigenvalue weighted by Crippen LogP contribution is -2.53. The molecule has 0 aromatic heterocycles. The van der Waals surface area contributed by atoms with Gasteiger partial charge in [0.25, 0.3) is 0 Å². The number of rotatable bonds is 1. The summed E-state index contributed by atoms with van der Waals surface area (Å²) in [5.74, 6) is 1.19. The smallest absolute Gasteiger partial charge is 0.0594 e. The van der Waals surface area contributed by atoms with E-state index in [0.29, 0.717) is 11.8 Å². The summed E-state index contributed by atoms with van der Waals surface area (Å²) >= 11 is 0. The van der Waals surface area contributed by atoms with Gasteiger partial charge in [-0.2, -0.15) is 0 Å². The molecule has 21 heavy (non-hydrogen) atoms. The highest BCUT2D eigenvalue weighted by Gasteiger charge is 2.53. The zero-order valence-corrected chi connectivity index (χ0v) is 14.2. The molecule has 0 radical (unpaired) electrons. The first-order chi connectivity index (χ1) is 9.76. The van der Waals surface area contributed by atoms with Crippen LogP contribution in [0.15, 0.2) is 18.2 Å². The number of aryl methyl sites for hydroxylation is 1. The normalized spacial score (nSPS) is 34.4. The predicted molar refractivity (Wildman–Crippen MR) is 88.7 cm³/mol. The first-order valence-corrected chi connectivity index (χ1v) is 8.58. The van der Waals surface area contributed by atoms with E-state index >= 15 is 0 Å². The highest BCUT2D eigenvalue weighted by atomic mass is 16.3. The highest BCUT2D eigenvalue weighted by Crippen LogP contribution is 2.57. The van der Waals surface area contributed by atoms with Crippen LogP contribution < -0.4 is 0 Å². The molecule has 1 aromatic rings. The summed E-state index contributed by atoms with van der Waals surface area (Å²) in [6.07, 6.45) is 4.30. The summed E-state index contributed by atoms with van der Waals surface area (Å²) in [4.78, 5) is 0. The van der Waals surface area contributed by atoms with Crippen LogP contribution in [0.4, 0.5) is 0 Å². The van der Waals surface area contributed by atoms with Gasteiger partial charge in [-0.05, 0) is 65.0 Å². The van der Waals surface area contributed by atoms with Crippen molar-refractivity contribution in [1.29, 1.82) is 0 Å². The van der Waals surface area contributed by atoms with Gasteiger partial charge in [0.15, 0.2) is 0 Å². The average Bonchev–Trinajstić information content (AvgIpc) is 2.43. The number of hydrogen-bond donors (Lipinski definition) is 1. The molecule has 1 aromatic carbocycles. The topological polar surface area (TPSA) is 20.2 Å². The Morgan fingerprint density at radius 2 is 1.86 bits per heavy atom. The van der Waals surface area contributed by atoms with Crippen molar-refractivity contribution in [2.45, 2.75) is 77.7 Å². The fraction of sp³-hybridized carbons (Fsp3) is 0.700. The van der Waals surface area contributed by atoms with Crippen LogP contribution >= 0.6 is 0 Å². The minimum atomic E-state index is -0.146. The molecule has 3 rings (SSSR count). The molecular weight excluding hydrogens is 256 g/mol. The second kappa shape index (κ2) is 4.84. The average molecular weight is 286 g/mol. The van der Waals surface area contributed by atoms with Crippen molar-refractivity contribution >= 4 is 0 Å².